The van der Waals surface area contributed by atoms with Crippen LogP contribution in [0.1, 0.15) is 27.7 Å². The first-order valence-corrected chi connectivity index (χ1v) is 3.65. The van der Waals surface area contributed by atoms with E-state index in [0.29, 0.717) is 0 Å². The third kappa shape index (κ3) is 6.92. The van der Waals surface area contributed by atoms with E-state index in [9.17, 15) is 0 Å². The van der Waals surface area contributed by atoms with Crippen molar-refractivity contribution in [3.63, 3.8) is 0 Å². The Bertz CT molecular complexity index is 175. The number of allylic oxidation sites excluding steroid dienone is 4. The minimum absolute atomic E-state index is 0. The van der Waals surface area contributed by atoms with Crippen molar-refractivity contribution < 1.29 is 70.7 Å². The summed E-state index contributed by atoms with van der Waals surface area (Å²) in [4.78, 5) is 0. The van der Waals surface area contributed by atoms with Crippen LogP contribution in [0, 0.1) is 51.4 Å². The van der Waals surface area contributed by atoms with Crippen LogP contribution >= 0.6 is 0 Å². The van der Waals surface area contributed by atoms with E-state index in [4.69, 9.17) is 0 Å². The molecule has 0 heterocycles. The first-order chi connectivity index (χ1) is 4.61. The van der Waals surface area contributed by atoms with Crippen LogP contribution in [-0.4, -0.2) is 0 Å². The molecule has 3 heteroatoms. The van der Waals surface area contributed by atoms with Crippen LogP contribution in [0.15, 0.2) is 22.3 Å². The molecule has 0 atom stereocenters. The van der Waals surface area contributed by atoms with Crippen molar-refractivity contribution in [3.8, 4) is 0 Å². The Morgan fingerprint density at radius 1 is 0.714 bits per heavy atom. The van der Waals surface area contributed by atoms with E-state index in [0.717, 1.165) is 0 Å². The molecule has 0 aromatic rings. The summed E-state index contributed by atoms with van der Waals surface area (Å²) in [5.41, 5.74) is 5.57. The molecule has 1 aliphatic rings. The molecule has 0 nitrogen and oxygen atoms in total. The second kappa shape index (κ2) is 11.0. The maximum Gasteiger partial charge on any atom is 2.00 e. The van der Waals surface area contributed by atoms with Crippen molar-refractivity contribution >= 4 is 0 Å². The molecule has 1 aliphatic carbocycles. The minimum Gasteiger partial charge on any atom is -0.358 e. The van der Waals surface area contributed by atoms with E-state index in [1.54, 1.807) is 0 Å². The predicted molar refractivity (Wildman–Crippen MR) is 51.8 cm³/mol. The Kier molecular flexibility index (Phi) is 19.5. The van der Waals surface area contributed by atoms with Gasteiger partial charge in [-0.15, -0.1) is 27.7 Å². The van der Waals surface area contributed by atoms with Gasteiger partial charge in [-0.1, -0.05) is 0 Å². The van der Waals surface area contributed by atoms with Gasteiger partial charge in [0.2, 0.25) is 0 Å². The molecule has 0 saturated heterocycles. The molecule has 0 aromatic carbocycles. The van der Waals surface area contributed by atoms with Crippen LogP contribution in [0.3, 0.4) is 0 Å². The molecule has 0 aliphatic heterocycles. The number of hydrogen-bond acceptors (Lipinski definition) is 0. The van der Waals surface area contributed by atoms with Gasteiger partial charge in [-0.2, -0.15) is 0 Å². The molecule has 14 heavy (non-hydrogen) atoms. The summed E-state index contributed by atoms with van der Waals surface area (Å²) in [6.45, 7) is 8.62. The van der Waals surface area contributed by atoms with E-state index >= 15 is 0 Å². The Hall–Kier alpha value is 1.54. The van der Waals surface area contributed by atoms with Crippen molar-refractivity contribution in [3.05, 3.63) is 42.6 Å². The molecule has 1 rings (SSSR count). The summed E-state index contributed by atoms with van der Waals surface area (Å²) in [6.07, 6.45) is 4.48. The Morgan fingerprint density at radius 2 is 0.857 bits per heavy atom. The van der Waals surface area contributed by atoms with Gasteiger partial charge in [0.1, 0.15) is 0 Å². The molecular formula is C11H17UVW-. The summed E-state index contributed by atoms with van der Waals surface area (Å²) in [6, 6.07) is 0. The van der Waals surface area contributed by atoms with Crippen LogP contribution in [0.25, 0.3) is 0 Å². The zero-order chi connectivity index (χ0) is 7.72. The van der Waals surface area contributed by atoms with Gasteiger partial charge in [-0.25, -0.2) is 0 Å². The van der Waals surface area contributed by atoms with Gasteiger partial charge in [0, 0.05) is 52.2 Å². The molecular weight excluding hydrogens is 605 g/mol. The van der Waals surface area contributed by atoms with Crippen LogP contribution in [0.2, 0.25) is 0 Å². The molecule has 1 radical (unpaired) electrons. The summed E-state index contributed by atoms with van der Waals surface area (Å²) in [5.74, 6) is 0. The maximum atomic E-state index is 2.24. The van der Waals surface area contributed by atoms with Crippen molar-refractivity contribution in [2.45, 2.75) is 27.7 Å². The molecule has 0 N–H and O–H groups in total. The van der Waals surface area contributed by atoms with Crippen molar-refractivity contribution in [2.24, 2.45) is 0 Å². The summed E-state index contributed by atoms with van der Waals surface area (Å²) < 4.78 is 0. The van der Waals surface area contributed by atoms with Crippen molar-refractivity contribution in [1.82, 2.24) is 0 Å². The van der Waals surface area contributed by atoms with Gasteiger partial charge >= 0.3 is 18.6 Å². The standard InChI is InChI=1S/C10H14.CH3.U.V.W/c1-7-5-9(3)10(4)6-8(7)2;;;;/h5-6H,1-4H3;1H3;;;/q-2;-1;;+2;. The van der Waals surface area contributed by atoms with E-state index in [-0.39, 0.29) is 78.2 Å². The number of rotatable bonds is 0. The normalized spacial score (nSPS) is 13.4. The molecule has 0 aromatic heterocycles. The van der Waals surface area contributed by atoms with E-state index in [1.807, 2.05) is 0 Å². The summed E-state index contributed by atoms with van der Waals surface area (Å²) in [7, 11) is 0. The zero-order valence-corrected chi connectivity index (χ0v) is 18.0. The maximum absolute atomic E-state index is 2.24. The third-order valence-corrected chi connectivity index (χ3v) is 2.11. The van der Waals surface area contributed by atoms with Gasteiger partial charge in [0.25, 0.3) is 0 Å². The van der Waals surface area contributed by atoms with E-state index in [1.165, 1.54) is 22.3 Å². The second-order valence-corrected chi connectivity index (χ2v) is 3.02. The van der Waals surface area contributed by atoms with Gasteiger partial charge < -0.3 is 7.43 Å². The molecule has 0 fully saturated rings. The molecule has 0 amide bonds. The molecule has 0 bridgehead atoms. The van der Waals surface area contributed by atoms with Crippen LogP contribution < -0.4 is 0 Å². The fourth-order valence-corrected chi connectivity index (χ4v) is 1.10. The number of hydrogen-bond donors (Lipinski definition) is 0. The van der Waals surface area contributed by atoms with Crippen LogP contribution in [-0.2, 0) is 39.6 Å². The van der Waals surface area contributed by atoms with Gasteiger partial charge in [-0.05, 0) is 0 Å². The van der Waals surface area contributed by atoms with Crippen molar-refractivity contribution in [2.75, 3.05) is 0 Å². The smallest absolute Gasteiger partial charge is 0.358 e. The average Bonchev–Trinajstić information content (AvgIpc) is 1.84. The molecule has 0 spiro atoms. The second-order valence-electron chi connectivity index (χ2n) is 3.02. The fourth-order valence-electron chi connectivity index (χ4n) is 1.10. The van der Waals surface area contributed by atoms with Gasteiger partial charge in [0.05, 0.1) is 0 Å². The predicted octanol–water partition coefficient (Wildman–Crippen LogP) is 3.53. The SMILES string of the molecule is CC1=C(C)[CH-]C(C)=C(C)[CH-]1.[CH3-].[U].[V+2].[W]. The zero-order valence-electron chi connectivity index (χ0n) is 9.51. The Labute approximate surface area is 139 Å². The Balaban J connectivity index is -0.000000125. The van der Waals surface area contributed by atoms with Gasteiger partial charge in [0.15, 0.2) is 0 Å². The quantitative estimate of drug-likeness (QED) is 0.364. The minimum atomic E-state index is 0. The summed E-state index contributed by atoms with van der Waals surface area (Å²) in [5, 5.41) is 0. The first kappa shape index (κ1) is 24.7. The van der Waals surface area contributed by atoms with Crippen molar-refractivity contribution in [1.29, 1.82) is 0 Å². The molecule has 77 valence electrons. The topological polar surface area (TPSA) is 0 Å². The fraction of sp³-hybridized carbons (Fsp3) is 0.364. The summed E-state index contributed by atoms with van der Waals surface area (Å²) >= 11 is 0. The molecule has 0 saturated carbocycles. The largest absolute Gasteiger partial charge is 2.00 e. The average molecular weight is 622 g/mol. The van der Waals surface area contributed by atoms with E-state index in [2.05, 4.69) is 40.5 Å². The van der Waals surface area contributed by atoms with E-state index < -0.39 is 0 Å². The molecule has 0 unspecified atom stereocenters. The Morgan fingerprint density at radius 3 is 1.00 bits per heavy atom. The monoisotopic (exact) mass is 622 g/mol. The van der Waals surface area contributed by atoms with Crippen LogP contribution in [0.5, 0.6) is 0 Å². The third-order valence-electron chi connectivity index (χ3n) is 2.11. The van der Waals surface area contributed by atoms with Crippen LogP contribution in [0.4, 0.5) is 0 Å². The first-order valence-electron chi connectivity index (χ1n) is 3.65. The van der Waals surface area contributed by atoms with Gasteiger partial charge in [-0.3, -0.25) is 35.1 Å².